The first-order valence-electron chi connectivity index (χ1n) is 3.73. The molecule has 0 fully saturated rings. The quantitative estimate of drug-likeness (QED) is 0.550. The monoisotopic (exact) mass is 150 g/mol. The van der Waals surface area contributed by atoms with Gasteiger partial charge in [0.2, 0.25) is 0 Å². The van der Waals surface area contributed by atoms with Crippen LogP contribution in [0, 0.1) is 6.92 Å². The van der Waals surface area contributed by atoms with Gasteiger partial charge >= 0.3 is 0 Å². The summed E-state index contributed by atoms with van der Waals surface area (Å²) in [4.78, 5) is 0. The van der Waals surface area contributed by atoms with Gasteiger partial charge in [-0.3, -0.25) is 0 Å². The van der Waals surface area contributed by atoms with E-state index in [0.29, 0.717) is 0 Å². The van der Waals surface area contributed by atoms with Crippen LogP contribution in [0.1, 0.15) is 16.7 Å². The number of benzene rings is 1. The Hall–Kier alpha value is -1.18. The molecule has 2 rings (SSSR count). The van der Waals surface area contributed by atoms with E-state index in [4.69, 9.17) is 0 Å². The lowest BCUT2D eigenvalue weighted by Crippen LogP contribution is -2.08. The molecule has 0 bridgehead atoms. The maximum absolute atomic E-state index is 9.37. The lowest BCUT2D eigenvalue weighted by atomic mass is 9.86. The van der Waals surface area contributed by atoms with Gasteiger partial charge in [0.15, 0.2) is 11.5 Å². The molecule has 0 heterocycles. The number of fused-ring (bicyclic) bond motifs is 1. The summed E-state index contributed by atoms with van der Waals surface area (Å²) in [6, 6.07) is 1.94. The van der Waals surface area contributed by atoms with Crippen LogP contribution in [0.25, 0.3) is 0 Å². The molecule has 1 aliphatic carbocycles. The molecule has 0 atom stereocenters. The van der Waals surface area contributed by atoms with Gasteiger partial charge in [-0.2, -0.15) is 0 Å². The number of phenolic OH excluding ortho intramolecular Hbond substituents is 2. The molecule has 1 aromatic carbocycles. The largest absolute Gasteiger partial charge is 0.504 e. The Bertz CT molecular complexity index is 302. The molecule has 58 valence electrons. The molecular weight excluding hydrogens is 140 g/mol. The summed E-state index contributed by atoms with van der Waals surface area (Å²) in [5, 5.41) is 18.7. The van der Waals surface area contributed by atoms with Crippen molar-refractivity contribution in [1.29, 1.82) is 0 Å². The summed E-state index contributed by atoms with van der Waals surface area (Å²) in [7, 11) is 0. The topological polar surface area (TPSA) is 40.5 Å². The van der Waals surface area contributed by atoms with E-state index in [1.165, 1.54) is 5.56 Å². The van der Waals surface area contributed by atoms with Gasteiger partial charge < -0.3 is 10.2 Å². The van der Waals surface area contributed by atoms with E-state index >= 15 is 0 Å². The number of aromatic hydroxyl groups is 2. The summed E-state index contributed by atoms with van der Waals surface area (Å²) in [6.45, 7) is 1.80. The minimum absolute atomic E-state index is 0.0449. The first kappa shape index (κ1) is 6.53. The molecule has 1 aliphatic rings. The fraction of sp³-hybridized carbons (Fsp3) is 0.333. The molecule has 1 aromatic rings. The van der Waals surface area contributed by atoms with Crippen LogP contribution in [0.4, 0.5) is 0 Å². The van der Waals surface area contributed by atoms with Gasteiger partial charge in [0.25, 0.3) is 0 Å². The molecule has 2 heteroatoms. The van der Waals surface area contributed by atoms with E-state index < -0.39 is 0 Å². The molecule has 0 saturated carbocycles. The smallest absolute Gasteiger partial charge is 0.161 e. The van der Waals surface area contributed by atoms with Crippen LogP contribution in [0.5, 0.6) is 11.5 Å². The van der Waals surface area contributed by atoms with Crippen molar-refractivity contribution in [3.05, 3.63) is 22.8 Å². The van der Waals surface area contributed by atoms with E-state index in [1.54, 1.807) is 6.92 Å². The number of hydrogen-bond donors (Lipinski definition) is 2. The van der Waals surface area contributed by atoms with Gasteiger partial charge in [-0.25, -0.2) is 0 Å². The fourth-order valence-corrected chi connectivity index (χ4v) is 1.48. The van der Waals surface area contributed by atoms with Crippen molar-refractivity contribution in [2.75, 3.05) is 0 Å². The van der Waals surface area contributed by atoms with Crippen LogP contribution < -0.4 is 0 Å². The molecule has 0 unspecified atom stereocenters. The third kappa shape index (κ3) is 0.723. The molecule has 11 heavy (non-hydrogen) atoms. The van der Waals surface area contributed by atoms with Gasteiger partial charge in [-0.05, 0) is 30.9 Å². The Morgan fingerprint density at radius 3 is 2.45 bits per heavy atom. The summed E-state index contributed by atoms with van der Waals surface area (Å²) in [5.74, 6) is 0.134. The van der Waals surface area contributed by atoms with Crippen LogP contribution >= 0.6 is 0 Å². The molecule has 0 saturated heterocycles. The highest BCUT2D eigenvalue weighted by molar-refractivity contribution is 5.56. The summed E-state index contributed by atoms with van der Waals surface area (Å²) < 4.78 is 0. The second-order valence-electron chi connectivity index (χ2n) is 3.03. The van der Waals surface area contributed by atoms with Gasteiger partial charge in [0.1, 0.15) is 0 Å². The van der Waals surface area contributed by atoms with Gasteiger partial charge in [0, 0.05) is 5.56 Å². The minimum Gasteiger partial charge on any atom is -0.504 e. The highest BCUT2D eigenvalue weighted by atomic mass is 16.3. The van der Waals surface area contributed by atoms with Crippen molar-refractivity contribution in [3.8, 4) is 11.5 Å². The summed E-state index contributed by atoms with van der Waals surface area (Å²) >= 11 is 0. The molecule has 0 radical (unpaired) electrons. The van der Waals surface area contributed by atoms with Crippen LogP contribution in [0.3, 0.4) is 0 Å². The average molecular weight is 150 g/mol. The van der Waals surface area contributed by atoms with Gasteiger partial charge in [-0.15, -0.1) is 0 Å². The number of aryl methyl sites for hydroxylation is 2. The Kier molecular flexibility index (Phi) is 1.13. The highest BCUT2D eigenvalue weighted by Gasteiger charge is 2.20. The second kappa shape index (κ2) is 1.91. The third-order valence-corrected chi connectivity index (χ3v) is 2.31. The van der Waals surface area contributed by atoms with Crippen LogP contribution in [-0.2, 0) is 12.8 Å². The molecule has 0 spiro atoms. The van der Waals surface area contributed by atoms with Crippen LogP contribution in [0.2, 0.25) is 0 Å². The molecule has 0 aromatic heterocycles. The zero-order valence-electron chi connectivity index (χ0n) is 6.39. The van der Waals surface area contributed by atoms with Crippen molar-refractivity contribution < 1.29 is 10.2 Å². The molecule has 0 aliphatic heterocycles. The molecule has 2 N–H and O–H groups in total. The minimum atomic E-state index is 0.0449. The van der Waals surface area contributed by atoms with E-state index in [9.17, 15) is 10.2 Å². The zero-order chi connectivity index (χ0) is 8.01. The normalized spacial score (nSPS) is 13.9. The fourth-order valence-electron chi connectivity index (χ4n) is 1.48. The van der Waals surface area contributed by atoms with E-state index in [2.05, 4.69) is 0 Å². The Labute approximate surface area is 65.1 Å². The first-order valence-corrected chi connectivity index (χ1v) is 3.73. The second-order valence-corrected chi connectivity index (χ2v) is 3.03. The zero-order valence-corrected chi connectivity index (χ0v) is 6.39. The summed E-state index contributed by atoms with van der Waals surface area (Å²) in [5.41, 5.74) is 2.87. The van der Waals surface area contributed by atoms with E-state index in [0.717, 1.165) is 24.0 Å². The maximum atomic E-state index is 9.37. The standard InChI is InChI=1S/C9H10O2/c1-5-4-6-2-3-7(6)9(11)8(5)10/h4,10-11H,2-3H2,1H3. The van der Waals surface area contributed by atoms with Crippen molar-refractivity contribution >= 4 is 0 Å². The molecule has 2 nitrogen and oxygen atoms in total. The molecule has 0 amide bonds. The number of hydrogen-bond acceptors (Lipinski definition) is 2. The van der Waals surface area contributed by atoms with Crippen molar-refractivity contribution in [2.45, 2.75) is 19.8 Å². The first-order chi connectivity index (χ1) is 5.20. The lowest BCUT2D eigenvalue weighted by molar-refractivity contribution is 0.392. The van der Waals surface area contributed by atoms with E-state index in [1.807, 2.05) is 6.07 Å². The van der Waals surface area contributed by atoms with E-state index in [-0.39, 0.29) is 11.5 Å². The maximum Gasteiger partial charge on any atom is 0.161 e. The van der Waals surface area contributed by atoms with Gasteiger partial charge in [0.05, 0.1) is 0 Å². The third-order valence-electron chi connectivity index (χ3n) is 2.31. The van der Waals surface area contributed by atoms with Crippen molar-refractivity contribution in [3.63, 3.8) is 0 Å². The lowest BCUT2D eigenvalue weighted by Gasteiger charge is -2.21. The Balaban J connectivity index is 2.70. The van der Waals surface area contributed by atoms with Crippen LogP contribution in [-0.4, -0.2) is 10.2 Å². The predicted octanol–water partition coefficient (Wildman–Crippen LogP) is 1.50. The summed E-state index contributed by atoms with van der Waals surface area (Å²) in [6.07, 6.45) is 1.93. The average Bonchev–Trinajstić information content (AvgIpc) is 1.93. The predicted molar refractivity (Wildman–Crippen MR) is 41.9 cm³/mol. The van der Waals surface area contributed by atoms with Crippen molar-refractivity contribution in [1.82, 2.24) is 0 Å². The Morgan fingerprint density at radius 1 is 1.18 bits per heavy atom. The van der Waals surface area contributed by atoms with Crippen LogP contribution in [0.15, 0.2) is 6.07 Å². The van der Waals surface area contributed by atoms with Gasteiger partial charge in [-0.1, -0.05) is 6.07 Å². The molecular formula is C9H10O2. The van der Waals surface area contributed by atoms with Crippen molar-refractivity contribution in [2.24, 2.45) is 0 Å². The number of phenols is 2. The Morgan fingerprint density at radius 2 is 1.91 bits per heavy atom. The highest BCUT2D eigenvalue weighted by Crippen LogP contribution is 2.40. The SMILES string of the molecule is Cc1cc2c(c(O)c1O)CC2. The number of rotatable bonds is 0.